The molecule has 0 radical (unpaired) electrons. The van der Waals surface area contributed by atoms with Gasteiger partial charge in [-0.05, 0) is 32.9 Å². The number of aryl methyl sites for hydroxylation is 2. The highest BCUT2D eigenvalue weighted by Gasteiger charge is 2.22. The largest absolute Gasteiger partial charge is 0.396 e. The van der Waals surface area contributed by atoms with Gasteiger partial charge in [-0.25, -0.2) is 0 Å². The van der Waals surface area contributed by atoms with Gasteiger partial charge in [0.25, 0.3) is 5.91 Å². The summed E-state index contributed by atoms with van der Waals surface area (Å²) < 4.78 is 1.63. The van der Waals surface area contributed by atoms with E-state index in [1.54, 1.807) is 9.58 Å². The molecule has 2 aromatic heterocycles. The summed E-state index contributed by atoms with van der Waals surface area (Å²) in [6.45, 7) is 7.47. The number of nitrogens with zero attached hydrogens (tertiary/aromatic N) is 4. The maximum absolute atomic E-state index is 12.7. The van der Waals surface area contributed by atoms with E-state index in [1.807, 2.05) is 39.0 Å². The molecule has 2 rings (SSSR count). The van der Waals surface area contributed by atoms with Gasteiger partial charge in [-0.3, -0.25) is 14.5 Å². The van der Waals surface area contributed by atoms with Crippen molar-refractivity contribution in [3.05, 3.63) is 41.5 Å². The fraction of sp³-hybridized carbons (Fsp3) is 0.400. The van der Waals surface area contributed by atoms with Crippen molar-refractivity contribution >= 4 is 11.6 Å². The number of pyridine rings is 1. The summed E-state index contributed by atoms with van der Waals surface area (Å²) in [4.78, 5) is 18.8. The molecule has 2 N–H and O–H groups in total. The Balaban J connectivity index is 2.24. The van der Waals surface area contributed by atoms with Crippen molar-refractivity contribution in [1.29, 1.82) is 0 Å². The van der Waals surface area contributed by atoms with Crippen molar-refractivity contribution < 1.29 is 4.79 Å². The lowest BCUT2D eigenvalue weighted by Crippen LogP contribution is -2.33. The van der Waals surface area contributed by atoms with Gasteiger partial charge in [-0.1, -0.05) is 6.07 Å². The van der Waals surface area contributed by atoms with E-state index in [9.17, 15) is 4.79 Å². The normalized spacial score (nSPS) is 10.6. The van der Waals surface area contributed by atoms with Crippen molar-refractivity contribution in [1.82, 2.24) is 19.7 Å². The van der Waals surface area contributed by atoms with Gasteiger partial charge in [-0.2, -0.15) is 5.10 Å². The van der Waals surface area contributed by atoms with Crippen molar-refractivity contribution in [3.8, 4) is 0 Å². The number of aromatic nitrogens is 3. The zero-order valence-corrected chi connectivity index (χ0v) is 12.7. The van der Waals surface area contributed by atoms with Crippen molar-refractivity contribution in [3.63, 3.8) is 0 Å². The Hall–Kier alpha value is -2.37. The molecule has 0 aliphatic rings. The maximum Gasteiger partial charge on any atom is 0.274 e. The van der Waals surface area contributed by atoms with Gasteiger partial charge < -0.3 is 10.6 Å². The number of rotatable bonds is 5. The highest BCUT2D eigenvalue weighted by atomic mass is 16.2. The fourth-order valence-electron chi connectivity index (χ4n) is 2.23. The minimum atomic E-state index is -0.113. The van der Waals surface area contributed by atoms with E-state index in [4.69, 9.17) is 5.73 Å². The Kier molecular flexibility index (Phi) is 4.57. The second kappa shape index (κ2) is 6.39. The summed E-state index contributed by atoms with van der Waals surface area (Å²) in [5.74, 6) is -0.113. The summed E-state index contributed by atoms with van der Waals surface area (Å²) in [6.07, 6.45) is 1.52. The molecule has 0 saturated carbocycles. The Bertz CT molecular complexity index is 635. The summed E-state index contributed by atoms with van der Waals surface area (Å²) in [7, 11) is 0. The number of amides is 1. The molecular weight excluding hydrogens is 266 g/mol. The molecule has 1 amide bonds. The molecule has 0 aliphatic carbocycles. The highest BCUT2D eigenvalue weighted by Crippen LogP contribution is 2.15. The molecule has 2 heterocycles. The monoisotopic (exact) mass is 287 g/mol. The number of carbonyl (C=O) groups is 1. The lowest BCUT2D eigenvalue weighted by Gasteiger charge is -2.21. The lowest BCUT2D eigenvalue weighted by molar-refractivity contribution is 0.0739. The first-order valence-electron chi connectivity index (χ1n) is 7.09. The third-order valence-electron chi connectivity index (χ3n) is 3.34. The Morgan fingerprint density at radius 3 is 2.76 bits per heavy atom. The lowest BCUT2D eigenvalue weighted by atomic mass is 10.2. The Labute approximate surface area is 124 Å². The van der Waals surface area contributed by atoms with Gasteiger partial charge in [0.2, 0.25) is 0 Å². The number of nitrogens with two attached hydrogens (primary N) is 1. The van der Waals surface area contributed by atoms with E-state index < -0.39 is 0 Å². The number of hydrogen-bond acceptors (Lipinski definition) is 4. The smallest absolute Gasteiger partial charge is 0.274 e. The first kappa shape index (κ1) is 15.0. The van der Waals surface area contributed by atoms with Crippen LogP contribution in [0.25, 0.3) is 0 Å². The van der Waals surface area contributed by atoms with E-state index in [0.717, 1.165) is 11.4 Å². The van der Waals surface area contributed by atoms with Crippen LogP contribution >= 0.6 is 0 Å². The standard InChI is InChI=1S/C15H21N5O/c1-4-19(10-12-8-6-7-11(3)18-12)15(21)14-13(16)9-17-20(14)5-2/h6-9H,4-5,10,16H2,1-3H3. The average molecular weight is 287 g/mol. The quantitative estimate of drug-likeness (QED) is 0.910. The van der Waals surface area contributed by atoms with E-state index in [-0.39, 0.29) is 5.91 Å². The Morgan fingerprint density at radius 2 is 2.14 bits per heavy atom. The number of carbonyl (C=O) groups excluding carboxylic acids is 1. The first-order chi connectivity index (χ1) is 10.1. The van der Waals surface area contributed by atoms with Gasteiger partial charge in [0.1, 0.15) is 5.69 Å². The van der Waals surface area contributed by atoms with E-state index in [1.165, 1.54) is 6.20 Å². The predicted molar refractivity (Wildman–Crippen MR) is 81.7 cm³/mol. The van der Waals surface area contributed by atoms with Crippen LogP contribution in [0.1, 0.15) is 35.7 Å². The van der Waals surface area contributed by atoms with Crippen LogP contribution in [-0.2, 0) is 13.1 Å². The third kappa shape index (κ3) is 3.21. The van der Waals surface area contributed by atoms with Crippen LogP contribution in [-0.4, -0.2) is 32.1 Å². The zero-order chi connectivity index (χ0) is 15.4. The molecule has 0 unspecified atom stereocenters. The topological polar surface area (TPSA) is 77.0 Å². The SMILES string of the molecule is CCN(Cc1cccc(C)n1)C(=O)c1c(N)cnn1CC. The molecule has 6 heteroatoms. The van der Waals surface area contributed by atoms with Crippen LogP contribution < -0.4 is 5.73 Å². The van der Waals surface area contributed by atoms with Gasteiger partial charge >= 0.3 is 0 Å². The second-order valence-electron chi connectivity index (χ2n) is 4.85. The van der Waals surface area contributed by atoms with Gasteiger partial charge in [0.05, 0.1) is 24.1 Å². The summed E-state index contributed by atoms with van der Waals surface area (Å²) in [5, 5.41) is 4.12. The molecular formula is C15H21N5O. The minimum absolute atomic E-state index is 0.113. The maximum atomic E-state index is 12.7. The third-order valence-corrected chi connectivity index (χ3v) is 3.34. The number of nitrogen functional groups attached to an aromatic ring is 1. The molecule has 6 nitrogen and oxygen atoms in total. The fourth-order valence-corrected chi connectivity index (χ4v) is 2.23. The summed E-state index contributed by atoms with van der Waals surface area (Å²) >= 11 is 0. The van der Waals surface area contributed by atoms with Gasteiger partial charge in [-0.15, -0.1) is 0 Å². The van der Waals surface area contributed by atoms with Gasteiger partial charge in [0, 0.05) is 18.8 Å². The molecule has 0 saturated heterocycles. The Morgan fingerprint density at radius 1 is 1.38 bits per heavy atom. The minimum Gasteiger partial charge on any atom is -0.396 e. The molecule has 0 aromatic carbocycles. The van der Waals surface area contributed by atoms with E-state index >= 15 is 0 Å². The summed E-state index contributed by atoms with van der Waals surface area (Å²) in [6, 6.07) is 5.80. The van der Waals surface area contributed by atoms with Crippen LogP contribution in [0, 0.1) is 6.92 Å². The van der Waals surface area contributed by atoms with Crippen LogP contribution in [0.5, 0.6) is 0 Å². The van der Waals surface area contributed by atoms with Crippen LogP contribution in [0.4, 0.5) is 5.69 Å². The first-order valence-corrected chi connectivity index (χ1v) is 7.09. The van der Waals surface area contributed by atoms with Crippen molar-refractivity contribution in [2.45, 2.75) is 33.9 Å². The average Bonchev–Trinajstić information content (AvgIpc) is 2.85. The van der Waals surface area contributed by atoms with Crippen molar-refractivity contribution in [2.75, 3.05) is 12.3 Å². The molecule has 0 atom stereocenters. The molecule has 112 valence electrons. The molecule has 0 bridgehead atoms. The van der Waals surface area contributed by atoms with Crippen LogP contribution in [0.2, 0.25) is 0 Å². The molecule has 0 spiro atoms. The number of hydrogen-bond donors (Lipinski definition) is 1. The molecule has 0 fully saturated rings. The zero-order valence-electron chi connectivity index (χ0n) is 12.7. The summed E-state index contributed by atoms with van der Waals surface area (Å²) in [5.41, 5.74) is 8.55. The highest BCUT2D eigenvalue weighted by molar-refractivity contribution is 5.97. The van der Waals surface area contributed by atoms with Crippen LogP contribution in [0.15, 0.2) is 24.4 Å². The van der Waals surface area contributed by atoms with Crippen molar-refractivity contribution in [2.24, 2.45) is 0 Å². The van der Waals surface area contributed by atoms with E-state index in [2.05, 4.69) is 10.1 Å². The molecule has 21 heavy (non-hydrogen) atoms. The van der Waals surface area contributed by atoms with Crippen LogP contribution in [0.3, 0.4) is 0 Å². The molecule has 0 aliphatic heterocycles. The molecule has 2 aromatic rings. The van der Waals surface area contributed by atoms with E-state index in [0.29, 0.717) is 31.0 Å². The van der Waals surface area contributed by atoms with Gasteiger partial charge in [0.15, 0.2) is 0 Å². The second-order valence-corrected chi connectivity index (χ2v) is 4.85. The number of anilines is 1. The predicted octanol–water partition coefficient (Wildman–Crippen LogP) is 1.85.